The Morgan fingerprint density at radius 3 is 2.46 bits per heavy atom. The number of rotatable bonds is 4. The lowest BCUT2D eigenvalue weighted by atomic mass is 10.1. The van der Waals surface area contributed by atoms with E-state index in [0.29, 0.717) is 0 Å². The van der Waals surface area contributed by atoms with E-state index in [0.717, 1.165) is 28.3 Å². The highest BCUT2D eigenvalue weighted by Crippen LogP contribution is 2.18. The first-order chi connectivity index (χ1) is 11.6. The molecule has 1 heterocycles. The van der Waals surface area contributed by atoms with E-state index < -0.39 is 0 Å². The van der Waals surface area contributed by atoms with Crippen LogP contribution in [0.25, 0.3) is 5.69 Å². The Labute approximate surface area is 142 Å². The number of para-hydroxylation sites is 1. The average Bonchev–Trinajstić information content (AvgIpc) is 2.85. The van der Waals surface area contributed by atoms with Gasteiger partial charge in [-0.2, -0.15) is 10.2 Å². The molecule has 4 nitrogen and oxygen atoms in total. The zero-order valence-corrected chi connectivity index (χ0v) is 14.5. The van der Waals surface area contributed by atoms with Crippen molar-refractivity contribution >= 4 is 11.9 Å². The molecule has 0 atom stereocenters. The van der Waals surface area contributed by atoms with Gasteiger partial charge in [0.2, 0.25) is 0 Å². The van der Waals surface area contributed by atoms with Crippen LogP contribution in [-0.4, -0.2) is 16.0 Å². The molecule has 0 spiro atoms. The lowest BCUT2D eigenvalue weighted by molar-refractivity contribution is 0.833. The number of hydrazone groups is 1. The molecule has 122 valence electrons. The molecule has 0 saturated carbocycles. The van der Waals surface area contributed by atoms with Gasteiger partial charge in [0.15, 0.2) is 0 Å². The van der Waals surface area contributed by atoms with Crippen molar-refractivity contribution < 1.29 is 0 Å². The van der Waals surface area contributed by atoms with Gasteiger partial charge in [-0.15, -0.1) is 0 Å². The predicted octanol–water partition coefficient (Wildman–Crippen LogP) is 4.55. The Balaban J connectivity index is 1.84. The van der Waals surface area contributed by atoms with E-state index in [1.807, 2.05) is 48.2 Å². The fourth-order valence-corrected chi connectivity index (χ4v) is 2.77. The summed E-state index contributed by atoms with van der Waals surface area (Å²) in [5.41, 5.74) is 10.7. The molecule has 3 aromatic rings. The number of anilines is 1. The summed E-state index contributed by atoms with van der Waals surface area (Å²) in [6, 6.07) is 16.4. The van der Waals surface area contributed by atoms with Gasteiger partial charge in [0.25, 0.3) is 0 Å². The third kappa shape index (κ3) is 3.23. The highest BCUT2D eigenvalue weighted by Gasteiger charge is 2.10. The quantitative estimate of drug-likeness (QED) is 0.566. The Morgan fingerprint density at radius 2 is 1.75 bits per heavy atom. The minimum absolute atomic E-state index is 0.961. The summed E-state index contributed by atoms with van der Waals surface area (Å²) in [5.74, 6) is 0. The van der Waals surface area contributed by atoms with Crippen molar-refractivity contribution in [1.82, 2.24) is 9.78 Å². The normalized spacial score (nSPS) is 11.2. The highest BCUT2D eigenvalue weighted by molar-refractivity contribution is 5.83. The van der Waals surface area contributed by atoms with Crippen molar-refractivity contribution in [2.75, 3.05) is 5.43 Å². The largest absolute Gasteiger partial charge is 0.278 e. The molecule has 4 heteroatoms. The van der Waals surface area contributed by atoms with Crippen LogP contribution in [0.5, 0.6) is 0 Å². The fraction of sp³-hybridized carbons (Fsp3) is 0.200. The van der Waals surface area contributed by atoms with Gasteiger partial charge in [-0.25, -0.2) is 4.68 Å². The van der Waals surface area contributed by atoms with E-state index in [-0.39, 0.29) is 0 Å². The van der Waals surface area contributed by atoms with Crippen LogP contribution in [0.4, 0.5) is 5.69 Å². The van der Waals surface area contributed by atoms with Crippen molar-refractivity contribution in [1.29, 1.82) is 0 Å². The molecule has 0 fully saturated rings. The van der Waals surface area contributed by atoms with Gasteiger partial charge in [0, 0.05) is 5.56 Å². The van der Waals surface area contributed by atoms with Gasteiger partial charge in [-0.3, -0.25) is 5.43 Å². The summed E-state index contributed by atoms with van der Waals surface area (Å²) in [6.45, 7) is 8.23. The van der Waals surface area contributed by atoms with Crippen LogP contribution in [0.1, 0.15) is 28.1 Å². The molecule has 0 aliphatic heterocycles. The second-order valence-electron chi connectivity index (χ2n) is 6.02. The Kier molecular flexibility index (Phi) is 4.47. The summed E-state index contributed by atoms with van der Waals surface area (Å²) in [6.07, 6.45) is 1.84. The molecule has 1 N–H and O–H groups in total. The smallest absolute Gasteiger partial charge is 0.0689 e. The summed E-state index contributed by atoms with van der Waals surface area (Å²) < 4.78 is 1.95. The SMILES string of the molecule is Cc1ccc(N/N=C/c2c(C)nn(-c3ccccc3)c2C)c(C)c1. The topological polar surface area (TPSA) is 42.2 Å². The van der Waals surface area contributed by atoms with E-state index in [1.165, 1.54) is 11.1 Å². The minimum Gasteiger partial charge on any atom is -0.278 e. The van der Waals surface area contributed by atoms with Crippen LogP contribution in [0.2, 0.25) is 0 Å². The highest BCUT2D eigenvalue weighted by atomic mass is 15.3. The summed E-state index contributed by atoms with van der Waals surface area (Å²) in [4.78, 5) is 0. The second kappa shape index (κ2) is 6.71. The predicted molar refractivity (Wildman–Crippen MR) is 100 cm³/mol. The van der Waals surface area contributed by atoms with E-state index in [9.17, 15) is 0 Å². The fourth-order valence-electron chi connectivity index (χ4n) is 2.77. The molecule has 0 aliphatic rings. The number of nitrogens with zero attached hydrogens (tertiary/aromatic N) is 3. The number of hydrogen-bond acceptors (Lipinski definition) is 3. The Bertz CT molecular complexity index is 876. The van der Waals surface area contributed by atoms with Gasteiger partial charge < -0.3 is 0 Å². The molecule has 2 aromatic carbocycles. The molecule has 0 amide bonds. The summed E-state index contributed by atoms with van der Waals surface area (Å²) in [7, 11) is 0. The first-order valence-electron chi connectivity index (χ1n) is 8.04. The molecule has 0 radical (unpaired) electrons. The number of hydrogen-bond donors (Lipinski definition) is 1. The van der Waals surface area contributed by atoms with Gasteiger partial charge in [-0.1, -0.05) is 35.9 Å². The number of benzene rings is 2. The van der Waals surface area contributed by atoms with Crippen molar-refractivity contribution in [2.45, 2.75) is 27.7 Å². The van der Waals surface area contributed by atoms with Crippen molar-refractivity contribution in [2.24, 2.45) is 5.10 Å². The van der Waals surface area contributed by atoms with Crippen LogP contribution >= 0.6 is 0 Å². The van der Waals surface area contributed by atoms with Crippen LogP contribution in [0.3, 0.4) is 0 Å². The standard InChI is InChI=1S/C20H22N4/c1-14-10-11-20(15(2)12-14)22-21-13-19-16(3)23-24(17(19)4)18-8-6-5-7-9-18/h5-13,22H,1-4H3/b21-13+. The van der Waals surface area contributed by atoms with Gasteiger partial charge in [-0.05, 0) is 51.5 Å². The molecule has 0 unspecified atom stereocenters. The zero-order valence-electron chi connectivity index (χ0n) is 14.5. The molecule has 1 aromatic heterocycles. The van der Waals surface area contributed by atoms with E-state index in [4.69, 9.17) is 0 Å². The molecule has 3 rings (SSSR count). The van der Waals surface area contributed by atoms with Gasteiger partial charge >= 0.3 is 0 Å². The summed E-state index contributed by atoms with van der Waals surface area (Å²) >= 11 is 0. The maximum Gasteiger partial charge on any atom is 0.0689 e. The monoisotopic (exact) mass is 318 g/mol. The Morgan fingerprint density at radius 1 is 1.00 bits per heavy atom. The maximum atomic E-state index is 4.63. The molecular formula is C20H22N4. The lowest BCUT2D eigenvalue weighted by Gasteiger charge is -2.05. The second-order valence-corrected chi connectivity index (χ2v) is 6.02. The zero-order chi connectivity index (χ0) is 17.1. The first kappa shape index (κ1) is 16.0. The van der Waals surface area contributed by atoms with Crippen LogP contribution in [0, 0.1) is 27.7 Å². The maximum absolute atomic E-state index is 4.63. The number of aryl methyl sites for hydroxylation is 3. The van der Waals surface area contributed by atoms with Crippen LogP contribution < -0.4 is 5.43 Å². The van der Waals surface area contributed by atoms with Gasteiger partial charge in [0.05, 0.1) is 29.0 Å². The van der Waals surface area contributed by atoms with Crippen LogP contribution in [0.15, 0.2) is 53.6 Å². The molecule has 0 saturated heterocycles. The first-order valence-corrected chi connectivity index (χ1v) is 8.04. The van der Waals surface area contributed by atoms with Crippen molar-refractivity contribution in [3.05, 3.63) is 76.6 Å². The minimum atomic E-state index is 0.961. The number of nitrogens with one attached hydrogen (secondary N) is 1. The van der Waals surface area contributed by atoms with E-state index in [2.05, 4.69) is 54.6 Å². The third-order valence-electron chi connectivity index (χ3n) is 4.11. The molecule has 0 bridgehead atoms. The van der Waals surface area contributed by atoms with Crippen molar-refractivity contribution in [3.8, 4) is 5.69 Å². The average molecular weight is 318 g/mol. The Hall–Kier alpha value is -2.88. The van der Waals surface area contributed by atoms with Gasteiger partial charge in [0.1, 0.15) is 0 Å². The third-order valence-corrected chi connectivity index (χ3v) is 4.11. The van der Waals surface area contributed by atoms with Crippen molar-refractivity contribution in [3.63, 3.8) is 0 Å². The summed E-state index contributed by atoms with van der Waals surface area (Å²) in [5, 5.41) is 9.04. The molecular weight excluding hydrogens is 296 g/mol. The lowest BCUT2D eigenvalue weighted by Crippen LogP contribution is -1.99. The molecule has 0 aliphatic carbocycles. The number of aromatic nitrogens is 2. The molecule has 24 heavy (non-hydrogen) atoms. The van der Waals surface area contributed by atoms with E-state index >= 15 is 0 Å². The van der Waals surface area contributed by atoms with Crippen LogP contribution in [-0.2, 0) is 0 Å². The van der Waals surface area contributed by atoms with E-state index in [1.54, 1.807) is 0 Å².